The van der Waals surface area contributed by atoms with Gasteiger partial charge in [0.05, 0.1) is 5.92 Å². The van der Waals surface area contributed by atoms with E-state index in [1.54, 1.807) is 0 Å². The maximum absolute atomic E-state index is 12.3. The maximum atomic E-state index is 12.3. The molecule has 0 bridgehead atoms. The average molecular weight is 275 g/mol. The van der Waals surface area contributed by atoms with Crippen LogP contribution in [0.5, 0.6) is 0 Å². The number of fused-ring (bicyclic) bond motifs is 1. The van der Waals surface area contributed by atoms with Gasteiger partial charge in [-0.1, -0.05) is 32.0 Å². The van der Waals surface area contributed by atoms with Crippen LogP contribution in [0, 0.1) is 11.8 Å². The van der Waals surface area contributed by atoms with E-state index in [0.717, 1.165) is 11.3 Å². The molecular formula is C15H21N3O2. The molecule has 0 saturated heterocycles. The van der Waals surface area contributed by atoms with Gasteiger partial charge in [0.15, 0.2) is 0 Å². The fourth-order valence-corrected chi connectivity index (χ4v) is 2.46. The van der Waals surface area contributed by atoms with Crippen molar-refractivity contribution in [3.8, 4) is 0 Å². The molecule has 2 unspecified atom stereocenters. The van der Waals surface area contributed by atoms with E-state index in [9.17, 15) is 9.59 Å². The summed E-state index contributed by atoms with van der Waals surface area (Å²) in [6.45, 7) is 4.31. The SMILES string of the molecule is CC(C)C(NC(=O)C1CNc2ccccc2C1)C(N)=O. The monoisotopic (exact) mass is 275 g/mol. The Morgan fingerprint density at radius 1 is 1.35 bits per heavy atom. The van der Waals surface area contributed by atoms with Gasteiger partial charge in [0.1, 0.15) is 6.04 Å². The van der Waals surface area contributed by atoms with E-state index in [1.807, 2.05) is 38.1 Å². The quantitative estimate of drug-likeness (QED) is 0.763. The van der Waals surface area contributed by atoms with Crippen molar-refractivity contribution in [2.75, 3.05) is 11.9 Å². The van der Waals surface area contributed by atoms with Crippen LogP contribution in [0.15, 0.2) is 24.3 Å². The normalized spacial score (nSPS) is 18.9. The molecule has 0 aromatic heterocycles. The molecule has 5 nitrogen and oxygen atoms in total. The lowest BCUT2D eigenvalue weighted by Crippen LogP contribution is -2.51. The highest BCUT2D eigenvalue weighted by atomic mass is 16.2. The topological polar surface area (TPSA) is 84.2 Å². The fourth-order valence-electron chi connectivity index (χ4n) is 2.46. The Morgan fingerprint density at radius 2 is 2.05 bits per heavy atom. The van der Waals surface area contributed by atoms with E-state index >= 15 is 0 Å². The molecule has 4 N–H and O–H groups in total. The standard InChI is InChI=1S/C15H21N3O2/c1-9(2)13(14(16)19)18-15(20)11-7-10-5-3-4-6-12(10)17-8-11/h3-6,9,11,13,17H,7-8H2,1-2H3,(H2,16,19)(H,18,20). The van der Waals surface area contributed by atoms with Gasteiger partial charge in [-0.25, -0.2) is 0 Å². The molecule has 0 aliphatic carbocycles. The number of hydrogen-bond acceptors (Lipinski definition) is 3. The van der Waals surface area contributed by atoms with E-state index in [1.165, 1.54) is 0 Å². The third-order valence-corrected chi connectivity index (χ3v) is 3.66. The van der Waals surface area contributed by atoms with Crippen molar-refractivity contribution in [1.82, 2.24) is 5.32 Å². The molecule has 2 atom stereocenters. The van der Waals surface area contributed by atoms with Crippen molar-refractivity contribution in [3.05, 3.63) is 29.8 Å². The molecule has 1 heterocycles. The molecule has 2 rings (SSSR count). The van der Waals surface area contributed by atoms with Crippen LogP contribution in [0.25, 0.3) is 0 Å². The number of benzene rings is 1. The lowest BCUT2D eigenvalue weighted by Gasteiger charge is -2.27. The highest BCUT2D eigenvalue weighted by Gasteiger charge is 2.28. The summed E-state index contributed by atoms with van der Waals surface area (Å²) in [5.74, 6) is -0.798. The Labute approximate surface area is 118 Å². The molecule has 1 aliphatic rings. The molecule has 0 fully saturated rings. The van der Waals surface area contributed by atoms with E-state index < -0.39 is 11.9 Å². The Balaban J connectivity index is 2.03. The van der Waals surface area contributed by atoms with Gasteiger partial charge < -0.3 is 16.4 Å². The first-order valence-electron chi connectivity index (χ1n) is 6.90. The van der Waals surface area contributed by atoms with Crippen molar-refractivity contribution in [3.63, 3.8) is 0 Å². The van der Waals surface area contributed by atoms with Gasteiger partial charge in [0, 0.05) is 12.2 Å². The summed E-state index contributed by atoms with van der Waals surface area (Å²) in [6.07, 6.45) is 0.679. The average Bonchev–Trinajstić information content (AvgIpc) is 2.43. The Kier molecular flexibility index (Phi) is 4.27. The third-order valence-electron chi connectivity index (χ3n) is 3.66. The molecule has 20 heavy (non-hydrogen) atoms. The van der Waals surface area contributed by atoms with Crippen molar-refractivity contribution >= 4 is 17.5 Å². The van der Waals surface area contributed by atoms with Crippen molar-refractivity contribution < 1.29 is 9.59 Å². The van der Waals surface area contributed by atoms with Gasteiger partial charge in [-0.15, -0.1) is 0 Å². The second kappa shape index (κ2) is 5.94. The largest absolute Gasteiger partial charge is 0.384 e. The predicted molar refractivity (Wildman–Crippen MR) is 78.1 cm³/mol. The first-order chi connectivity index (χ1) is 9.49. The summed E-state index contributed by atoms with van der Waals surface area (Å²) < 4.78 is 0. The molecule has 1 aromatic rings. The molecule has 1 aliphatic heterocycles. The molecule has 2 amide bonds. The molecule has 0 radical (unpaired) electrons. The van der Waals surface area contributed by atoms with Crippen molar-refractivity contribution in [1.29, 1.82) is 0 Å². The molecule has 1 aromatic carbocycles. The van der Waals surface area contributed by atoms with Gasteiger partial charge >= 0.3 is 0 Å². The van der Waals surface area contributed by atoms with Crippen LogP contribution in [0.1, 0.15) is 19.4 Å². The minimum atomic E-state index is -0.611. The number of hydrogen-bond donors (Lipinski definition) is 3. The summed E-state index contributed by atoms with van der Waals surface area (Å²) in [5.41, 5.74) is 7.52. The minimum Gasteiger partial charge on any atom is -0.384 e. The summed E-state index contributed by atoms with van der Waals surface area (Å²) in [5, 5.41) is 6.01. The van der Waals surface area contributed by atoms with Crippen LogP contribution in [0.2, 0.25) is 0 Å². The molecule has 0 saturated carbocycles. The highest BCUT2D eigenvalue weighted by molar-refractivity contribution is 5.88. The molecular weight excluding hydrogens is 254 g/mol. The number of amides is 2. The zero-order valence-electron chi connectivity index (χ0n) is 11.8. The summed E-state index contributed by atoms with van der Waals surface area (Å²) in [7, 11) is 0. The van der Waals surface area contributed by atoms with Crippen LogP contribution in [0.4, 0.5) is 5.69 Å². The minimum absolute atomic E-state index is 0.0136. The highest BCUT2D eigenvalue weighted by Crippen LogP contribution is 2.24. The first kappa shape index (κ1) is 14.4. The van der Waals surface area contributed by atoms with Crippen LogP contribution in [-0.4, -0.2) is 24.4 Å². The Hall–Kier alpha value is -2.04. The second-order valence-electron chi connectivity index (χ2n) is 5.57. The maximum Gasteiger partial charge on any atom is 0.240 e. The van der Waals surface area contributed by atoms with E-state index in [2.05, 4.69) is 10.6 Å². The number of carbonyl (C=O) groups is 2. The zero-order chi connectivity index (χ0) is 14.7. The van der Waals surface area contributed by atoms with Crippen molar-refractivity contribution in [2.24, 2.45) is 17.6 Å². The molecule has 5 heteroatoms. The number of anilines is 1. The molecule has 0 spiro atoms. The first-order valence-corrected chi connectivity index (χ1v) is 6.90. The third kappa shape index (κ3) is 3.10. The van der Waals surface area contributed by atoms with Gasteiger partial charge in [-0.3, -0.25) is 9.59 Å². The van der Waals surface area contributed by atoms with Gasteiger partial charge in [-0.05, 0) is 24.0 Å². The van der Waals surface area contributed by atoms with Crippen LogP contribution in [-0.2, 0) is 16.0 Å². The fraction of sp³-hybridized carbons (Fsp3) is 0.467. The predicted octanol–water partition coefficient (Wildman–Crippen LogP) is 0.897. The van der Waals surface area contributed by atoms with Crippen LogP contribution < -0.4 is 16.4 Å². The Bertz CT molecular complexity index is 514. The Morgan fingerprint density at radius 3 is 2.70 bits per heavy atom. The van der Waals surface area contributed by atoms with E-state index in [4.69, 9.17) is 5.73 Å². The molecule has 108 valence electrons. The smallest absolute Gasteiger partial charge is 0.240 e. The van der Waals surface area contributed by atoms with Gasteiger partial charge in [-0.2, -0.15) is 0 Å². The summed E-state index contributed by atoms with van der Waals surface area (Å²) in [4.78, 5) is 23.6. The lowest BCUT2D eigenvalue weighted by atomic mass is 9.92. The van der Waals surface area contributed by atoms with Crippen LogP contribution in [0.3, 0.4) is 0 Å². The van der Waals surface area contributed by atoms with Crippen LogP contribution >= 0.6 is 0 Å². The summed E-state index contributed by atoms with van der Waals surface area (Å²) in [6, 6.07) is 7.33. The second-order valence-corrected chi connectivity index (χ2v) is 5.57. The lowest BCUT2D eigenvalue weighted by molar-refractivity contribution is -0.130. The summed E-state index contributed by atoms with van der Waals surface area (Å²) >= 11 is 0. The number of rotatable bonds is 4. The number of carbonyl (C=O) groups excluding carboxylic acids is 2. The van der Waals surface area contributed by atoms with E-state index in [-0.39, 0.29) is 17.7 Å². The van der Waals surface area contributed by atoms with Gasteiger partial charge in [0.2, 0.25) is 11.8 Å². The van der Waals surface area contributed by atoms with Crippen molar-refractivity contribution in [2.45, 2.75) is 26.3 Å². The van der Waals surface area contributed by atoms with Gasteiger partial charge in [0.25, 0.3) is 0 Å². The number of nitrogens with two attached hydrogens (primary N) is 1. The number of para-hydroxylation sites is 1. The van der Waals surface area contributed by atoms with E-state index in [0.29, 0.717) is 13.0 Å². The number of nitrogens with one attached hydrogen (secondary N) is 2. The zero-order valence-corrected chi connectivity index (χ0v) is 11.8. The number of primary amides is 1.